The van der Waals surface area contributed by atoms with Gasteiger partial charge in [0.25, 0.3) is 6.71 Å². The van der Waals surface area contributed by atoms with Crippen LogP contribution in [0.4, 0.5) is 34.1 Å². The van der Waals surface area contributed by atoms with Crippen molar-refractivity contribution < 1.29 is 0 Å². The van der Waals surface area contributed by atoms with Gasteiger partial charge in [-0.05, 0) is 180 Å². The molecule has 2 aliphatic heterocycles. The molecule has 10 aromatic carbocycles. The molecular formula is C72H61BN2. The minimum Gasteiger partial charge on any atom is -0.311 e. The molecule has 4 aliphatic rings. The van der Waals surface area contributed by atoms with E-state index >= 15 is 0 Å². The van der Waals surface area contributed by atoms with Gasteiger partial charge in [0.2, 0.25) is 0 Å². The van der Waals surface area contributed by atoms with Gasteiger partial charge in [-0.1, -0.05) is 205 Å². The molecule has 362 valence electrons. The summed E-state index contributed by atoms with van der Waals surface area (Å²) in [6.45, 7) is 20.9. The normalized spacial score (nSPS) is 14.9. The van der Waals surface area contributed by atoms with Gasteiger partial charge >= 0.3 is 0 Å². The first-order valence-corrected chi connectivity index (χ1v) is 26.9. The van der Waals surface area contributed by atoms with Gasteiger partial charge in [0.1, 0.15) is 0 Å². The zero-order valence-electron chi connectivity index (χ0n) is 44.6. The summed E-state index contributed by atoms with van der Waals surface area (Å²) in [6.07, 6.45) is 0. The highest BCUT2D eigenvalue weighted by Crippen LogP contribution is 2.52. The Morgan fingerprint density at radius 3 is 1.31 bits per heavy atom. The summed E-state index contributed by atoms with van der Waals surface area (Å²) in [7, 11) is 0. The standard InChI is InChI=1S/C72H61BN2/c1-44-36-45(2)38-50(37-44)51-41-67-69-68(42-51)75(54-31-24-47(25-32-54)49-27-34-58-56-17-11-13-19-60(56)72(8,9)62(58)40-49)66-35-28-52(70(3,4)5)43-64(66)73(69)63-20-14-15-21-65(63)74(67)53-29-22-46(23-30-53)48-26-33-57-55-16-10-12-18-59(55)71(6,7)61(57)39-48/h10-43H,1-9H3. The molecule has 0 bridgehead atoms. The SMILES string of the molecule is Cc1cc(C)cc(-c2cc3c4c(c2)N(c2ccc(-c5ccc6c(c5)C(C)(C)c5ccccc5-6)cc2)c2ccc(C(C)(C)C)cc2B4c2ccccc2N3c2ccc(-c3ccc4c(c3)C(C)(C)c3ccccc3-4)cc2)c1. The zero-order chi connectivity index (χ0) is 51.3. The fraction of sp³-hybridized carbons (Fsp3) is 0.167. The third kappa shape index (κ3) is 6.86. The quantitative estimate of drug-likeness (QED) is 0.159. The number of anilines is 6. The zero-order valence-corrected chi connectivity index (χ0v) is 44.6. The molecule has 2 heterocycles. The first kappa shape index (κ1) is 45.5. The summed E-state index contributed by atoms with van der Waals surface area (Å²) >= 11 is 0. The Morgan fingerprint density at radius 1 is 0.347 bits per heavy atom. The van der Waals surface area contributed by atoms with Gasteiger partial charge in [-0.2, -0.15) is 0 Å². The molecule has 0 N–H and O–H groups in total. The lowest BCUT2D eigenvalue weighted by Crippen LogP contribution is -2.61. The first-order chi connectivity index (χ1) is 36.1. The van der Waals surface area contributed by atoms with Crippen molar-refractivity contribution in [1.82, 2.24) is 0 Å². The Bertz CT molecular complexity index is 3980. The highest BCUT2D eigenvalue weighted by atomic mass is 15.2. The predicted octanol–water partition coefficient (Wildman–Crippen LogP) is 17.3. The van der Waals surface area contributed by atoms with Crippen LogP contribution in [0.2, 0.25) is 0 Å². The van der Waals surface area contributed by atoms with E-state index in [1.165, 1.54) is 134 Å². The van der Waals surface area contributed by atoms with E-state index in [9.17, 15) is 0 Å². The summed E-state index contributed by atoms with van der Waals surface area (Å²) in [5.74, 6) is 0. The Kier molecular flexibility index (Phi) is 9.81. The molecule has 0 aromatic heterocycles. The number of hydrogen-bond donors (Lipinski definition) is 0. The third-order valence-corrected chi connectivity index (χ3v) is 17.5. The molecule has 0 fully saturated rings. The molecule has 2 nitrogen and oxygen atoms in total. The number of rotatable bonds is 5. The molecule has 14 rings (SSSR count). The van der Waals surface area contributed by atoms with Gasteiger partial charge < -0.3 is 9.80 Å². The van der Waals surface area contributed by atoms with Crippen LogP contribution in [0.3, 0.4) is 0 Å². The molecule has 10 aromatic rings. The molecule has 0 unspecified atom stereocenters. The number of fused-ring (bicyclic) bond motifs is 10. The van der Waals surface area contributed by atoms with Gasteiger partial charge in [0.05, 0.1) is 0 Å². The van der Waals surface area contributed by atoms with Crippen molar-refractivity contribution in [3.63, 3.8) is 0 Å². The van der Waals surface area contributed by atoms with Gasteiger partial charge in [-0.3, -0.25) is 0 Å². The van der Waals surface area contributed by atoms with Gasteiger partial charge in [-0.25, -0.2) is 0 Å². The molecule has 0 spiro atoms. The summed E-state index contributed by atoms with van der Waals surface area (Å²) in [5.41, 5.74) is 33.2. The van der Waals surface area contributed by atoms with E-state index < -0.39 is 0 Å². The van der Waals surface area contributed by atoms with E-state index in [2.05, 4.69) is 278 Å². The third-order valence-electron chi connectivity index (χ3n) is 17.5. The maximum Gasteiger partial charge on any atom is 0.252 e. The second kappa shape index (κ2) is 16.2. The van der Waals surface area contributed by atoms with Gasteiger partial charge in [0, 0.05) is 45.0 Å². The molecule has 2 aliphatic carbocycles. The van der Waals surface area contributed by atoms with Crippen LogP contribution in [-0.2, 0) is 16.2 Å². The minimum absolute atomic E-state index is 0.0145. The lowest BCUT2D eigenvalue weighted by molar-refractivity contribution is 0.591. The smallest absolute Gasteiger partial charge is 0.252 e. The molecule has 0 atom stereocenters. The van der Waals surface area contributed by atoms with Crippen LogP contribution < -0.4 is 26.2 Å². The van der Waals surface area contributed by atoms with E-state index in [-0.39, 0.29) is 23.0 Å². The Labute approximate surface area is 444 Å². The van der Waals surface area contributed by atoms with Crippen LogP contribution in [0.25, 0.3) is 55.6 Å². The fourth-order valence-electron chi connectivity index (χ4n) is 13.7. The highest BCUT2D eigenvalue weighted by molar-refractivity contribution is 7.00. The molecule has 0 saturated carbocycles. The number of hydrogen-bond acceptors (Lipinski definition) is 2. The van der Waals surface area contributed by atoms with Crippen molar-refractivity contribution in [3.05, 3.63) is 245 Å². The molecule has 75 heavy (non-hydrogen) atoms. The second-order valence-corrected chi connectivity index (χ2v) is 23.9. The van der Waals surface area contributed by atoms with Gasteiger partial charge in [-0.15, -0.1) is 0 Å². The Morgan fingerprint density at radius 2 is 0.787 bits per heavy atom. The largest absolute Gasteiger partial charge is 0.311 e. The molecule has 0 radical (unpaired) electrons. The van der Waals surface area contributed by atoms with E-state index in [0.717, 1.165) is 11.4 Å². The van der Waals surface area contributed by atoms with Crippen LogP contribution in [0.15, 0.2) is 206 Å². The monoisotopic (exact) mass is 964 g/mol. The maximum atomic E-state index is 2.57. The lowest BCUT2D eigenvalue weighted by atomic mass is 9.33. The molecule has 0 saturated heterocycles. The Balaban J connectivity index is 0.944. The topological polar surface area (TPSA) is 6.48 Å². The number of nitrogens with zero attached hydrogens (tertiary/aromatic N) is 2. The predicted molar refractivity (Wildman–Crippen MR) is 320 cm³/mol. The van der Waals surface area contributed by atoms with E-state index in [1.54, 1.807) is 0 Å². The van der Waals surface area contributed by atoms with Crippen molar-refractivity contribution in [2.24, 2.45) is 0 Å². The summed E-state index contributed by atoms with van der Waals surface area (Å²) < 4.78 is 0. The van der Waals surface area contributed by atoms with Gasteiger partial charge in [0.15, 0.2) is 0 Å². The summed E-state index contributed by atoms with van der Waals surface area (Å²) in [4.78, 5) is 5.12. The van der Waals surface area contributed by atoms with Crippen LogP contribution in [0.1, 0.15) is 87.4 Å². The van der Waals surface area contributed by atoms with Crippen molar-refractivity contribution in [2.45, 2.75) is 78.6 Å². The van der Waals surface area contributed by atoms with Crippen molar-refractivity contribution in [1.29, 1.82) is 0 Å². The number of para-hydroxylation sites is 1. The second-order valence-electron chi connectivity index (χ2n) is 23.9. The summed E-state index contributed by atoms with van der Waals surface area (Å²) in [6, 6.07) is 79.2. The number of benzene rings is 10. The minimum atomic E-state index is -0.0660. The van der Waals surface area contributed by atoms with Crippen molar-refractivity contribution >= 4 is 57.2 Å². The number of aryl methyl sites for hydroxylation is 2. The first-order valence-electron chi connectivity index (χ1n) is 26.9. The average molecular weight is 965 g/mol. The van der Waals surface area contributed by atoms with Crippen LogP contribution >= 0.6 is 0 Å². The molecular weight excluding hydrogens is 904 g/mol. The van der Waals surface area contributed by atoms with E-state index in [0.29, 0.717) is 0 Å². The lowest BCUT2D eigenvalue weighted by Gasteiger charge is -2.45. The highest BCUT2D eigenvalue weighted by Gasteiger charge is 2.44. The van der Waals surface area contributed by atoms with Crippen molar-refractivity contribution in [2.75, 3.05) is 9.80 Å². The fourth-order valence-corrected chi connectivity index (χ4v) is 13.7. The molecule has 3 heteroatoms. The van der Waals surface area contributed by atoms with E-state index in [1.807, 2.05) is 0 Å². The summed E-state index contributed by atoms with van der Waals surface area (Å²) in [5, 5.41) is 0. The Hall–Kier alpha value is -8.14. The van der Waals surface area contributed by atoms with Crippen LogP contribution in [0.5, 0.6) is 0 Å². The van der Waals surface area contributed by atoms with Crippen LogP contribution in [0, 0.1) is 13.8 Å². The van der Waals surface area contributed by atoms with E-state index in [4.69, 9.17) is 0 Å². The van der Waals surface area contributed by atoms with Crippen LogP contribution in [-0.4, -0.2) is 6.71 Å². The van der Waals surface area contributed by atoms with Crippen molar-refractivity contribution in [3.8, 4) is 55.6 Å². The maximum absolute atomic E-state index is 2.57. The molecule has 0 amide bonds. The average Bonchev–Trinajstić information content (AvgIpc) is 3.91.